The van der Waals surface area contributed by atoms with Crippen LogP contribution in [0, 0.1) is 29.6 Å². The fourth-order valence-corrected chi connectivity index (χ4v) is 3.57. The number of terminal acetylenes is 1. The van der Waals surface area contributed by atoms with Gasteiger partial charge in [-0.05, 0) is 0 Å². The molecule has 31 heavy (non-hydrogen) atoms. The standard InChI is InChI=1S/C23H16N2O5.W/c1-5-8-9-11-16-15(6-2)19(26)24(20(16)27)30-25-21(28)17-12-10-13-23(4,7-3)14-18(17)22(25)29;/h2-3,6,10-14H,9H2,1,4H3;/b15-6+,16-11+;. The zero-order valence-corrected chi connectivity index (χ0v) is 19.6. The Morgan fingerprint density at radius 2 is 1.74 bits per heavy atom. The second kappa shape index (κ2) is 8.78. The third-order valence-electron chi connectivity index (χ3n) is 4.68. The molecule has 4 amide bonds. The Hall–Kier alpha value is -3.38. The Morgan fingerprint density at radius 3 is 2.39 bits per heavy atom. The predicted molar refractivity (Wildman–Crippen MR) is 107 cm³/mol. The molecule has 8 heteroatoms. The van der Waals surface area contributed by atoms with Gasteiger partial charge in [-0.1, -0.05) is 0 Å². The molecule has 0 aromatic carbocycles. The summed E-state index contributed by atoms with van der Waals surface area (Å²) in [6.45, 7) is 3.37. The predicted octanol–water partition coefficient (Wildman–Crippen LogP) is 1.25. The van der Waals surface area contributed by atoms with Crippen molar-refractivity contribution in [3.05, 3.63) is 58.7 Å². The van der Waals surface area contributed by atoms with Gasteiger partial charge >= 0.3 is 184 Å². The van der Waals surface area contributed by atoms with Crippen LogP contribution in [0.2, 0.25) is 0 Å². The summed E-state index contributed by atoms with van der Waals surface area (Å²) in [5.74, 6) is 4.88. The van der Waals surface area contributed by atoms with Crippen LogP contribution in [0.1, 0.15) is 20.3 Å². The van der Waals surface area contributed by atoms with Gasteiger partial charge in [0.25, 0.3) is 0 Å². The quantitative estimate of drug-likeness (QED) is 0.283. The van der Waals surface area contributed by atoms with Crippen LogP contribution in [-0.2, 0) is 43.5 Å². The van der Waals surface area contributed by atoms with E-state index in [0.29, 0.717) is 10.1 Å². The molecule has 1 aliphatic carbocycles. The van der Waals surface area contributed by atoms with Crippen LogP contribution >= 0.6 is 0 Å². The van der Waals surface area contributed by atoms with E-state index in [0.717, 1.165) is 19.4 Å². The number of carbonyl (C=O) groups excluding carboxylic acids is 4. The van der Waals surface area contributed by atoms with Crippen LogP contribution in [0.3, 0.4) is 0 Å². The van der Waals surface area contributed by atoms with Gasteiger partial charge in [0.1, 0.15) is 0 Å². The first-order valence-electron chi connectivity index (χ1n) is 9.09. The summed E-state index contributed by atoms with van der Waals surface area (Å²) in [5, 5.41) is 0.811. The van der Waals surface area contributed by atoms with Gasteiger partial charge in [0.15, 0.2) is 0 Å². The number of rotatable bonds is 4. The van der Waals surface area contributed by atoms with Crippen LogP contribution in [0.15, 0.2) is 58.7 Å². The Bertz CT molecular complexity index is 1180. The number of hydrogen-bond acceptors (Lipinski definition) is 5. The number of hydrogen-bond donors (Lipinski definition) is 0. The van der Waals surface area contributed by atoms with E-state index >= 15 is 0 Å². The van der Waals surface area contributed by atoms with Crippen LogP contribution in [0.5, 0.6) is 0 Å². The average molecular weight is 584 g/mol. The molecule has 2 saturated heterocycles. The summed E-state index contributed by atoms with van der Waals surface area (Å²) in [6.07, 6.45) is 15.0. The fraction of sp³-hybridized carbons (Fsp3) is 0.174. The van der Waals surface area contributed by atoms with Crippen molar-refractivity contribution in [3.63, 3.8) is 0 Å². The van der Waals surface area contributed by atoms with E-state index in [1.165, 1.54) is 24.3 Å². The molecule has 154 valence electrons. The third-order valence-corrected chi connectivity index (χ3v) is 5.17. The van der Waals surface area contributed by atoms with E-state index in [-0.39, 0.29) is 28.7 Å². The number of fused-ring (bicyclic) bond motifs is 1. The van der Waals surface area contributed by atoms with Crippen molar-refractivity contribution in [1.82, 2.24) is 10.1 Å². The van der Waals surface area contributed by atoms with Crippen LogP contribution in [0.4, 0.5) is 0 Å². The fourth-order valence-electron chi connectivity index (χ4n) is 3.08. The SMILES string of the molecule is C#CC1(C)C=CC=C2C(=O)N(ON3C(=O)C(=C/[CH]=[W])/C(=C\CC#CC)C3=O)C(=O)C2=C1. The summed E-state index contributed by atoms with van der Waals surface area (Å²) in [4.78, 5) is 56.5. The average Bonchev–Trinajstić information content (AvgIpc) is 3.00. The molecule has 3 aliphatic rings. The van der Waals surface area contributed by atoms with E-state index in [1.54, 1.807) is 30.4 Å². The molecule has 0 aromatic heterocycles. The normalized spacial score (nSPS) is 25.2. The van der Waals surface area contributed by atoms with E-state index < -0.39 is 29.0 Å². The van der Waals surface area contributed by atoms with E-state index in [9.17, 15) is 19.2 Å². The first-order chi connectivity index (χ1) is 14.8. The van der Waals surface area contributed by atoms with Gasteiger partial charge in [-0.3, -0.25) is 0 Å². The van der Waals surface area contributed by atoms with Crippen molar-refractivity contribution in [2.75, 3.05) is 0 Å². The molecule has 0 radical (unpaired) electrons. The Labute approximate surface area is 190 Å². The second-order valence-electron chi connectivity index (χ2n) is 6.78. The molecule has 0 bridgehead atoms. The Morgan fingerprint density at radius 1 is 1.10 bits per heavy atom. The molecule has 3 rings (SSSR count). The molecule has 2 heterocycles. The molecule has 7 nitrogen and oxygen atoms in total. The van der Waals surface area contributed by atoms with Gasteiger partial charge in [-0.25, -0.2) is 0 Å². The molecule has 2 fully saturated rings. The molecule has 0 saturated carbocycles. The van der Waals surface area contributed by atoms with Crippen molar-refractivity contribution in [2.24, 2.45) is 5.41 Å². The van der Waals surface area contributed by atoms with E-state index in [4.69, 9.17) is 11.4 Å². The number of nitrogens with zero attached hydrogens (tertiary/aromatic N) is 2. The van der Waals surface area contributed by atoms with Gasteiger partial charge in [-0.15, -0.1) is 6.42 Å². The number of carbonyl (C=O) groups is 4. The van der Waals surface area contributed by atoms with E-state index in [2.05, 4.69) is 17.8 Å². The Balaban J connectivity index is 1.96. The van der Waals surface area contributed by atoms with Crippen molar-refractivity contribution in [3.8, 4) is 24.2 Å². The molecule has 1 unspecified atom stereocenters. The van der Waals surface area contributed by atoms with Crippen molar-refractivity contribution in [1.29, 1.82) is 0 Å². The zero-order valence-electron chi connectivity index (χ0n) is 16.7. The van der Waals surface area contributed by atoms with Crippen LogP contribution in [0.25, 0.3) is 0 Å². The zero-order chi connectivity index (χ0) is 22.8. The Kier molecular flexibility index (Phi) is 6.31. The van der Waals surface area contributed by atoms with Gasteiger partial charge < -0.3 is 0 Å². The number of imide groups is 2. The molecule has 2 aliphatic heterocycles. The first-order valence-corrected chi connectivity index (χ1v) is 10.8. The summed E-state index contributed by atoms with van der Waals surface area (Å²) >= 11 is 1.07. The van der Waals surface area contributed by atoms with Crippen molar-refractivity contribution < 1.29 is 43.5 Å². The van der Waals surface area contributed by atoms with Crippen molar-refractivity contribution in [2.45, 2.75) is 20.3 Å². The van der Waals surface area contributed by atoms with Gasteiger partial charge in [0.05, 0.1) is 0 Å². The van der Waals surface area contributed by atoms with Gasteiger partial charge in [-0.2, -0.15) is 0 Å². The van der Waals surface area contributed by atoms with E-state index in [1.807, 2.05) is 0 Å². The summed E-state index contributed by atoms with van der Waals surface area (Å²) in [5.41, 5.74) is -0.573. The molecule has 0 N–H and O–H groups in total. The van der Waals surface area contributed by atoms with Crippen LogP contribution in [-0.4, -0.2) is 38.2 Å². The van der Waals surface area contributed by atoms with Crippen LogP contribution < -0.4 is 0 Å². The molecular weight excluding hydrogens is 568 g/mol. The first kappa shape index (κ1) is 22.3. The maximum absolute atomic E-state index is 12.9. The summed E-state index contributed by atoms with van der Waals surface area (Å²) in [6, 6.07) is 0. The minimum absolute atomic E-state index is 0.0461. The molecular formula is C23H16N2O5W. The minimum atomic E-state index is -0.885. The maximum atomic E-state index is 12.9. The second-order valence-corrected chi connectivity index (χ2v) is 7.76. The molecule has 0 aromatic rings. The molecule has 0 spiro atoms. The summed E-state index contributed by atoms with van der Waals surface area (Å²) in [7, 11) is 0. The third kappa shape index (κ3) is 3.99. The monoisotopic (exact) mass is 584 g/mol. The summed E-state index contributed by atoms with van der Waals surface area (Å²) < 4.78 is 1.68. The number of amides is 4. The number of hydroxylamine groups is 4. The number of allylic oxidation sites excluding steroid dienone is 6. The van der Waals surface area contributed by atoms with Crippen molar-refractivity contribution >= 4 is 28.0 Å². The van der Waals surface area contributed by atoms with Gasteiger partial charge in [0, 0.05) is 0 Å². The molecule has 1 atom stereocenters. The topological polar surface area (TPSA) is 84.0 Å². The van der Waals surface area contributed by atoms with Gasteiger partial charge in [0.2, 0.25) is 0 Å².